The first kappa shape index (κ1) is 21.3. The van der Waals surface area contributed by atoms with Crippen molar-refractivity contribution in [2.45, 2.75) is 13.8 Å². The van der Waals surface area contributed by atoms with Crippen LogP contribution in [0.2, 0.25) is 0 Å². The van der Waals surface area contributed by atoms with E-state index in [1.54, 1.807) is 35.2 Å². The van der Waals surface area contributed by atoms with Crippen molar-refractivity contribution in [3.63, 3.8) is 0 Å². The van der Waals surface area contributed by atoms with E-state index in [-0.39, 0.29) is 34.6 Å². The molecule has 1 aromatic heterocycles. The molecule has 0 radical (unpaired) electrons. The Balaban J connectivity index is 1.81. The molecular weight excluding hydrogens is 410 g/mol. The molecule has 1 fully saturated rings. The minimum absolute atomic E-state index is 0.103. The van der Waals surface area contributed by atoms with Gasteiger partial charge in [-0.05, 0) is 43.8 Å². The number of carbonyl (C=O) groups excluding carboxylic acids is 3. The largest absolute Gasteiger partial charge is 0.456 e. The summed E-state index contributed by atoms with van der Waals surface area (Å²) in [7, 11) is 0. The van der Waals surface area contributed by atoms with Crippen molar-refractivity contribution < 1.29 is 23.7 Å². The molecule has 3 amide bonds. The molecule has 0 unspecified atom stereocenters. The molecule has 9 nitrogen and oxygen atoms in total. The third-order valence-electron chi connectivity index (χ3n) is 4.55. The zero-order valence-electron chi connectivity index (χ0n) is 16.4. The molecule has 0 N–H and O–H groups in total. The fourth-order valence-electron chi connectivity index (χ4n) is 2.99. The summed E-state index contributed by atoms with van der Waals surface area (Å²) in [5.41, 5.74) is 0.203. The van der Waals surface area contributed by atoms with Gasteiger partial charge in [-0.3, -0.25) is 29.4 Å². The predicted molar refractivity (Wildman–Crippen MR) is 111 cm³/mol. The maximum absolute atomic E-state index is 12.6. The van der Waals surface area contributed by atoms with Crippen molar-refractivity contribution >= 4 is 40.6 Å². The van der Waals surface area contributed by atoms with Crippen LogP contribution in [0, 0.1) is 10.1 Å². The monoisotopic (exact) mass is 429 g/mol. The van der Waals surface area contributed by atoms with E-state index < -0.39 is 16.1 Å². The summed E-state index contributed by atoms with van der Waals surface area (Å²) in [5, 5.41) is 10.7. The van der Waals surface area contributed by atoms with E-state index in [1.165, 1.54) is 12.1 Å². The van der Waals surface area contributed by atoms with Crippen LogP contribution in [0.5, 0.6) is 0 Å². The summed E-state index contributed by atoms with van der Waals surface area (Å²) in [6.07, 6.45) is 1.39. The lowest BCUT2D eigenvalue weighted by Gasteiger charge is -2.21. The molecule has 2 aromatic rings. The quantitative estimate of drug-likeness (QED) is 0.374. The number of benzene rings is 1. The van der Waals surface area contributed by atoms with Crippen LogP contribution in [0.3, 0.4) is 0 Å². The van der Waals surface area contributed by atoms with Crippen LogP contribution < -0.4 is 0 Å². The van der Waals surface area contributed by atoms with Gasteiger partial charge in [-0.25, -0.2) is 0 Å². The third-order valence-corrected chi connectivity index (χ3v) is 5.46. The average Bonchev–Trinajstić information content (AvgIpc) is 3.29. The molecule has 1 saturated heterocycles. The molecule has 30 heavy (non-hydrogen) atoms. The van der Waals surface area contributed by atoms with Crippen LogP contribution in [0.25, 0.3) is 17.4 Å². The first-order chi connectivity index (χ1) is 14.3. The van der Waals surface area contributed by atoms with Gasteiger partial charge >= 0.3 is 0 Å². The number of rotatable bonds is 7. The summed E-state index contributed by atoms with van der Waals surface area (Å²) < 4.78 is 5.64. The Morgan fingerprint density at radius 2 is 1.90 bits per heavy atom. The molecule has 1 aromatic carbocycles. The van der Waals surface area contributed by atoms with Gasteiger partial charge in [-0.15, -0.1) is 0 Å². The third kappa shape index (κ3) is 4.28. The van der Waals surface area contributed by atoms with E-state index in [0.717, 1.165) is 16.7 Å². The average molecular weight is 429 g/mol. The van der Waals surface area contributed by atoms with Crippen molar-refractivity contribution in [3.8, 4) is 11.3 Å². The van der Waals surface area contributed by atoms with E-state index in [1.807, 2.05) is 13.8 Å². The summed E-state index contributed by atoms with van der Waals surface area (Å²) in [6.45, 7) is 4.30. The number of nitro groups is 1. The minimum atomic E-state index is -0.575. The van der Waals surface area contributed by atoms with Crippen LogP contribution in [0.15, 0.2) is 45.7 Å². The number of imide groups is 1. The van der Waals surface area contributed by atoms with Crippen LogP contribution >= 0.6 is 11.8 Å². The zero-order valence-corrected chi connectivity index (χ0v) is 17.2. The standard InChI is InChI=1S/C20H19N3O6S/c1-3-21(4-2)18(24)12-22-19(25)17(30-20(22)26)11-13-9-10-16(29-13)14-7-5-6-8-15(14)23(27)28/h5-11H,3-4,12H2,1-2H3/b17-11-. The first-order valence-corrected chi connectivity index (χ1v) is 10.0. The second-order valence-electron chi connectivity index (χ2n) is 6.31. The normalized spacial score (nSPS) is 15.1. The number of amides is 3. The minimum Gasteiger partial charge on any atom is -0.456 e. The Morgan fingerprint density at radius 1 is 1.20 bits per heavy atom. The number of likely N-dealkylation sites (N-methyl/N-ethyl adjacent to an activating group) is 1. The zero-order chi connectivity index (χ0) is 21.8. The summed E-state index contributed by atoms with van der Waals surface area (Å²) in [4.78, 5) is 50.3. The lowest BCUT2D eigenvalue weighted by Crippen LogP contribution is -2.41. The number of para-hydroxylation sites is 1. The molecule has 2 heterocycles. The fraction of sp³-hybridized carbons (Fsp3) is 0.250. The summed E-state index contributed by atoms with van der Waals surface area (Å²) in [6, 6.07) is 9.26. The number of carbonyl (C=O) groups is 3. The molecule has 0 bridgehead atoms. The van der Waals surface area contributed by atoms with Crippen molar-refractivity contribution in [2.75, 3.05) is 19.6 Å². The molecule has 1 aliphatic rings. The maximum atomic E-state index is 12.6. The number of thioether (sulfide) groups is 1. The van der Waals surface area contributed by atoms with Crippen molar-refractivity contribution in [3.05, 3.63) is 57.2 Å². The predicted octanol–water partition coefficient (Wildman–Crippen LogP) is 3.76. The van der Waals surface area contributed by atoms with Crippen molar-refractivity contribution in [1.82, 2.24) is 9.80 Å². The second-order valence-corrected chi connectivity index (χ2v) is 7.30. The van der Waals surface area contributed by atoms with E-state index in [2.05, 4.69) is 0 Å². The molecule has 1 aliphatic heterocycles. The molecule has 0 atom stereocenters. The number of furan rings is 1. The van der Waals surface area contributed by atoms with Gasteiger partial charge in [0, 0.05) is 25.2 Å². The lowest BCUT2D eigenvalue weighted by molar-refractivity contribution is -0.384. The fourth-order valence-corrected chi connectivity index (χ4v) is 3.81. The Hall–Kier alpha value is -3.40. The number of hydrogen-bond acceptors (Lipinski definition) is 7. The molecule has 0 aliphatic carbocycles. The van der Waals surface area contributed by atoms with E-state index in [0.29, 0.717) is 18.7 Å². The van der Waals surface area contributed by atoms with Crippen molar-refractivity contribution in [2.24, 2.45) is 0 Å². The van der Waals surface area contributed by atoms with Crippen LogP contribution in [0.4, 0.5) is 10.5 Å². The Labute approximate surface area is 176 Å². The summed E-state index contributed by atoms with van der Waals surface area (Å²) >= 11 is 0.718. The smallest absolute Gasteiger partial charge is 0.294 e. The molecule has 10 heteroatoms. The molecule has 156 valence electrons. The van der Waals surface area contributed by atoms with Gasteiger partial charge in [-0.1, -0.05) is 12.1 Å². The summed E-state index contributed by atoms with van der Waals surface area (Å²) in [5.74, 6) is -0.345. The van der Waals surface area contributed by atoms with E-state index in [9.17, 15) is 24.5 Å². The first-order valence-electron chi connectivity index (χ1n) is 9.22. The van der Waals surface area contributed by atoms with E-state index in [4.69, 9.17) is 4.42 Å². The topological polar surface area (TPSA) is 114 Å². The van der Waals surface area contributed by atoms with Gasteiger partial charge in [0.2, 0.25) is 5.91 Å². The molecule has 0 spiro atoms. The van der Waals surface area contributed by atoms with E-state index >= 15 is 0 Å². The highest BCUT2D eigenvalue weighted by Crippen LogP contribution is 2.35. The molecular formula is C20H19N3O6S. The van der Waals surface area contributed by atoms with Gasteiger partial charge in [0.1, 0.15) is 18.1 Å². The van der Waals surface area contributed by atoms with Gasteiger partial charge in [0.15, 0.2) is 0 Å². The SMILES string of the molecule is CCN(CC)C(=O)CN1C(=O)S/C(=C\c2ccc(-c3ccccc3[N+](=O)[O-])o2)C1=O. The molecule has 3 rings (SSSR count). The van der Waals surface area contributed by atoms with Gasteiger partial charge < -0.3 is 9.32 Å². The van der Waals surface area contributed by atoms with Crippen LogP contribution in [-0.2, 0) is 9.59 Å². The lowest BCUT2D eigenvalue weighted by atomic mass is 10.1. The second kappa shape index (κ2) is 8.95. The maximum Gasteiger partial charge on any atom is 0.294 e. The van der Waals surface area contributed by atoms with Crippen LogP contribution in [-0.4, -0.2) is 51.4 Å². The highest BCUT2D eigenvalue weighted by Gasteiger charge is 2.37. The highest BCUT2D eigenvalue weighted by atomic mass is 32.2. The Bertz CT molecular complexity index is 1040. The highest BCUT2D eigenvalue weighted by molar-refractivity contribution is 8.18. The van der Waals surface area contributed by atoms with Gasteiger partial charge in [-0.2, -0.15) is 0 Å². The molecule has 0 saturated carbocycles. The Kier molecular flexibility index (Phi) is 6.36. The Morgan fingerprint density at radius 3 is 2.57 bits per heavy atom. The number of hydrogen-bond donors (Lipinski definition) is 0. The van der Waals surface area contributed by atoms with Gasteiger partial charge in [0.25, 0.3) is 16.8 Å². The van der Waals surface area contributed by atoms with Gasteiger partial charge in [0.05, 0.1) is 15.4 Å². The van der Waals surface area contributed by atoms with Crippen molar-refractivity contribution in [1.29, 1.82) is 0 Å². The number of nitro benzene ring substituents is 1. The number of nitrogens with zero attached hydrogens (tertiary/aromatic N) is 3. The van der Waals surface area contributed by atoms with Crippen LogP contribution in [0.1, 0.15) is 19.6 Å².